The zero-order chi connectivity index (χ0) is 16.1. The third kappa shape index (κ3) is 4.44. The molecule has 2 N–H and O–H groups in total. The minimum absolute atomic E-state index is 0. The summed E-state index contributed by atoms with van der Waals surface area (Å²) < 4.78 is 0. The lowest BCUT2D eigenvalue weighted by molar-refractivity contribution is -0.126. The zero-order valence-corrected chi connectivity index (χ0v) is 15.7. The molecule has 134 valence electrons. The van der Waals surface area contributed by atoms with Crippen molar-refractivity contribution < 1.29 is 4.79 Å². The smallest absolute Gasteiger partial charge is 0.223 e. The minimum Gasteiger partial charge on any atom is -0.355 e. The molecule has 1 aromatic rings. The van der Waals surface area contributed by atoms with E-state index in [4.69, 9.17) is 11.6 Å². The molecular weight excluding hydrogens is 343 g/mol. The van der Waals surface area contributed by atoms with Gasteiger partial charge in [0.05, 0.1) is 0 Å². The van der Waals surface area contributed by atoms with Crippen molar-refractivity contribution in [3.8, 4) is 0 Å². The Balaban J connectivity index is 0.00000208. The maximum absolute atomic E-state index is 12.5. The lowest BCUT2D eigenvalue weighted by Gasteiger charge is -2.39. The van der Waals surface area contributed by atoms with Gasteiger partial charge in [0, 0.05) is 22.9 Å². The molecule has 0 radical (unpaired) electrons. The van der Waals surface area contributed by atoms with E-state index < -0.39 is 0 Å². The van der Waals surface area contributed by atoms with Gasteiger partial charge in [-0.25, -0.2) is 0 Å². The molecule has 0 spiro atoms. The molecule has 2 aliphatic rings. The molecule has 3 rings (SSSR count). The molecule has 1 heterocycles. The first kappa shape index (κ1) is 19.6. The van der Waals surface area contributed by atoms with Gasteiger partial charge in [0.15, 0.2) is 0 Å². The second-order valence-corrected chi connectivity index (χ2v) is 7.47. The van der Waals surface area contributed by atoms with Crippen LogP contribution in [0.4, 0.5) is 0 Å². The Kier molecular flexibility index (Phi) is 7.39. The van der Waals surface area contributed by atoms with E-state index in [0.29, 0.717) is 0 Å². The maximum atomic E-state index is 12.5. The highest BCUT2D eigenvalue weighted by atomic mass is 35.5. The fraction of sp³-hybridized carbons (Fsp3) is 0.632. The third-order valence-corrected chi connectivity index (χ3v) is 5.90. The van der Waals surface area contributed by atoms with E-state index >= 15 is 0 Å². The lowest BCUT2D eigenvalue weighted by atomic mass is 9.69. The highest BCUT2D eigenvalue weighted by molar-refractivity contribution is 6.31. The van der Waals surface area contributed by atoms with Gasteiger partial charge in [-0.3, -0.25) is 4.79 Å². The summed E-state index contributed by atoms with van der Waals surface area (Å²) in [4.78, 5) is 12.5. The number of halogens is 2. The molecule has 0 atom stereocenters. The van der Waals surface area contributed by atoms with Crippen LogP contribution in [0, 0.1) is 5.92 Å². The van der Waals surface area contributed by atoms with Crippen LogP contribution >= 0.6 is 24.0 Å². The Morgan fingerprint density at radius 2 is 1.83 bits per heavy atom. The first-order valence-corrected chi connectivity index (χ1v) is 9.32. The number of carbonyl (C=O) groups is 1. The second kappa shape index (κ2) is 9.07. The summed E-state index contributed by atoms with van der Waals surface area (Å²) in [5, 5.41) is 7.42. The Morgan fingerprint density at radius 3 is 2.50 bits per heavy atom. The average molecular weight is 371 g/mol. The maximum Gasteiger partial charge on any atom is 0.223 e. The van der Waals surface area contributed by atoms with E-state index in [2.05, 4.69) is 22.8 Å². The van der Waals surface area contributed by atoms with Crippen molar-refractivity contribution in [2.75, 3.05) is 19.6 Å². The number of carbonyl (C=O) groups excluding carboxylic acids is 1. The highest BCUT2D eigenvalue weighted by Gasteiger charge is 2.36. The lowest BCUT2D eigenvalue weighted by Crippen LogP contribution is -2.45. The quantitative estimate of drug-likeness (QED) is 0.838. The Morgan fingerprint density at radius 1 is 1.17 bits per heavy atom. The van der Waals surface area contributed by atoms with Gasteiger partial charge in [-0.05, 0) is 50.4 Å². The number of hydrogen-bond acceptors (Lipinski definition) is 2. The third-order valence-electron chi connectivity index (χ3n) is 5.57. The molecule has 1 amide bonds. The fourth-order valence-corrected chi connectivity index (χ4v) is 4.48. The number of piperidine rings is 1. The molecule has 24 heavy (non-hydrogen) atoms. The second-order valence-electron chi connectivity index (χ2n) is 7.06. The van der Waals surface area contributed by atoms with Crippen molar-refractivity contribution in [3.63, 3.8) is 0 Å². The zero-order valence-electron chi connectivity index (χ0n) is 14.2. The standard InChI is InChI=1S/C19H27ClN2O.ClH/c20-17-7-3-2-6-16(17)19(10-4-1-5-11-19)14-22-18(23)15-8-12-21-13-9-15;/h2-3,6-7,15,21H,1,4-5,8-14H2,(H,22,23);1H. The summed E-state index contributed by atoms with van der Waals surface area (Å²) >= 11 is 6.49. The Hall–Kier alpha value is -0.770. The van der Waals surface area contributed by atoms with Crippen molar-refractivity contribution in [2.24, 2.45) is 5.92 Å². The number of benzene rings is 1. The van der Waals surface area contributed by atoms with Crippen molar-refractivity contribution >= 4 is 29.9 Å². The molecule has 3 nitrogen and oxygen atoms in total. The van der Waals surface area contributed by atoms with E-state index in [9.17, 15) is 4.79 Å². The molecular formula is C19H28Cl2N2O. The number of nitrogens with one attached hydrogen (secondary N) is 2. The van der Waals surface area contributed by atoms with Gasteiger partial charge in [-0.15, -0.1) is 12.4 Å². The van der Waals surface area contributed by atoms with E-state index in [1.54, 1.807) is 0 Å². The van der Waals surface area contributed by atoms with Gasteiger partial charge >= 0.3 is 0 Å². The normalized spacial score (nSPS) is 20.9. The van der Waals surface area contributed by atoms with Gasteiger partial charge < -0.3 is 10.6 Å². The van der Waals surface area contributed by atoms with Crippen molar-refractivity contribution in [2.45, 2.75) is 50.4 Å². The highest BCUT2D eigenvalue weighted by Crippen LogP contribution is 2.41. The largest absolute Gasteiger partial charge is 0.355 e. The van der Waals surface area contributed by atoms with Crippen LogP contribution in [0.3, 0.4) is 0 Å². The molecule has 5 heteroatoms. The first-order chi connectivity index (χ1) is 11.2. The van der Waals surface area contributed by atoms with Crippen LogP contribution in [-0.4, -0.2) is 25.5 Å². The Labute approximate surface area is 156 Å². The summed E-state index contributed by atoms with van der Waals surface area (Å²) in [6.45, 7) is 2.63. The molecule has 0 aromatic heterocycles. The molecule has 0 bridgehead atoms. The molecule has 1 aliphatic carbocycles. The van der Waals surface area contributed by atoms with Crippen LogP contribution in [0.1, 0.15) is 50.5 Å². The molecule has 1 saturated carbocycles. The monoisotopic (exact) mass is 370 g/mol. The van der Waals surface area contributed by atoms with Crippen LogP contribution in [0.15, 0.2) is 24.3 Å². The molecule has 1 saturated heterocycles. The molecule has 1 aromatic carbocycles. The van der Waals surface area contributed by atoms with Gasteiger partial charge in [0.1, 0.15) is 0 Å². The topological polar surface area (TPSA) is 41.1 Å². The van der Waals surface area contributed by atoms with Crippen molar-refractivity contribution in [3.05, 3.63) is 34.9 Å². The van der Waals surface area contributed by atoms with E-state index in [1.165, 1.54) is 24.8 Å². The van der Waals surface area contributed by atoms with Gasteiger partial charge in [0.25, 0.3) is 0 Å². The summed E-state index contributed by atoms with van der Waals surface area (Å²) in [6, 6.07) is 8.16. The minimum atomic E-state index is 0. The summed E-state index contributed by atoms with van der Waals surface area (Å²) in [7, 11) is 0. The van der Waals surface area contributed by atoms with Gasteiger partial charge in [0.2, 0.25) is 5.91 Å². The van der Waals surface area contributed by atoms with Crippen LogP contribution in [-0.2, 0) is 10.2 Å². The van der Waals surface area contributed by atoms with Crippen LogP contribution in [0.25, 0.3) is 0 Å². The summed E-state index contributed by atoms with van der Waals surface area (Å²) in [5.74, 6) is 0.395. The molecule has 1 aliphatic heterocycles. The van der Waals surface area contributed by atoms with E-state index in [0.717, 1.165) is 50.3 Å². The van der Waals surface area contributed by atoms with Crippen LogP contribution < -0.4 is 10.6 Å². The number of hydrogen-bond donors (Lipinski definition) is 2. The summed E-state index contributed by atoms with van der Waals surface area (Å²) in [5.41, 5.74) is 1.23. The van der Waals surface area contributed by atoms with Crippen molar-refractivity contribution in [1.82, 2.24) is 10.6 Å². The SMILES string of the molecule is Cl.O=C(NCC1(c2ccccc2Cl)CCCCC1)C1CCNCC1. The van der Waals surface area contributed by atoms with Crippen molar-refractivity contribution in [1.29, 1.82) is 0 Å². The van der Waals surface area contributed by atoms with Gasteiger partial charge in [-0.1, -0.05) is 49.1 Å². The van der Waals surface area contributed by atoms with E-state index in [-0.39, 0.29) is 29.6 Å². The van der Waals surface area contributed by atoms with Gasteiger partial charge in [-0.2, -0.15) is 0 Å². The number of rotatable bonds is 4. The molecule has 0 unspecified atom stereocenters. The fourth-order valence-electron chi connectivity index (χ4n) is 4.15. The average Bonchev–Trinajstić information content (AvgIpc) is 2.61. The van der Waals surface area contributed by atoms with Crippen LogP contribution in [0.5, 0.6) is 0 Å². The Bertz CT molecular complexity index is 538. The molecule has 2 fully saturated rings. The predicted octanol–water partition coefficient (Wildman–Crippen LogP) is 4.08. The first-order valence-electron chi connectivity index (χ1n) is 8.95. The summed E-state index contributed by atoms with van der Waals surface area (Å²) in [6.07, 6.45) is 7.85. The van der Waals surface area contributed by atoms with Crippen LogP contribution in [0.2, 0.25) is 5.02 Å². The predicted molar refractivity (Wildman–Crippen MR) is 102 cm³/mol. The number of amides is 1. The van der Waals surface area contributed by atoms with E-state index in [1.807, 2.05) is 12.1 Å².